The average Bonchev–Trinajstić information content (AvgIpc) is 3.82. The van der Waals surface area contributed by atoms with Crippen LogP contribution in [-0.4, -0.2) is 16.2 Å². The number of aliphatic imine (C=N–C) groups is 2. The lowest BCUT2D eigenvalue weighted by molar-refractivity contribution is 0.669. The fourth-order valence-electron chi connectivity index (χ4n) is 8.29. The number of aromatic nitrogens is 1. The van der Waals surface area contributed by atoms with Crippen LogP contribution in [0.4, 0.5) is 0 Å². The Kier molecular flexibility index (Phi) is 7.71. The lowest BCUT2D eigenvalue weighted by Crippen LogP contribution is -2.34. The van der Waals surface area contributed by atoms with Gasteiger partial charge in [-0.15, -0.1) is 0 Å². The number of nitrogens with zero attached hydrogens (tertiary/aromatic N) is 3. The summed E-state index contributed by atoms with van der Waals surface area (Å²) in [5.74, 6) is 1.46. The van der Waals surface area contributed by atoms with Crippen LogP contribution >= 0.6 is 0 Å². The molecule has 5 nitrogen and oxygen atoms in total. The molecule has 1 N–H and O–H groups in total. The third kappa shape index (κ3) is 5.71. The van der Waals surface area contributed by atoms with Gasteiger partial charge < -0.3 is 14.3 Å². The summed E-state index contributed by atoms with van der Waals surface area (Å²) in [6, 6.07) is 66.4. The van der Waals surface area contributed by atoms with Crippen LogP contribution in [-0.2, 0) is 0 Å². The van der Waals surface area contributed by atoms with Crippen LogP contribution < -0.4 is 5.32 Å². The maximum atomic E-state index is 6.22. The fourth-order valence-corrected chi connectivity index (χ4v) is 8.29. The third-order valence-corrected chi connectivity index (χ3v) is 11.2. The zero-order valence-corrected chi connectivity index (χ0v) is 31.2. The third-order valence-electron chi connectivity index (χ3n) is 11.2. The maximum absolute atomic E-state index is 6.22. The molecule has 5 heteroatoms. The highest BCUT2D eigenvalue weighted by molar-refractivity contribution is 6.14. The predicted molar refractivity (Wildman–Crippen MR) is 236 cm³/mol. The molecule has 10 aromatic rings. The van der Waals surface area contributed by atoms with Crippen molar-refractivity contribution in [2.75, 3.05) is 0 Å². The predicted octanol–water partition coefficient (Wildman–Crippen LogP) is 12.8. The highest BCUT2D eigenvalue weighted by Crippen LogP contribution is 2.40. The van der Waals surface area contributed by atoms with Crippen LogP contribution in [0.25, 0.3) is 71.7 Å². The number of para-hydroxylation sites is 2. The Hall–Kier alpha value is -7.50. The molecular weight excluding hydrogens is 697 g/mol. The van der Waals surface area contributed by atoms with E-state index in [-0.39, 0.29) is 0 Å². The Balaban J connectivity index is 1.17. The van der Waals surface area contributed by atoms with Crippen molar-refractivity contribution in [2.45, 2.75) is 13.1 Å². The van der Waals surface area contributed by atoms with Gasteiger partial charge in [0.15, 0.2) is 5.84 Å². The van der Waals surface area contributed by atoms with Gasteiger partial charge in [-0.05, 0) is 71.6 Å². The van der Waals surface area contributed by atoms with Crippen molar-refractivity contribution in [1.82, 2.24) is 9.88 Å². The molecule has 0 radical (unpaired) electrons. The summed E-state index contributed by atoms with van der Waals surface area (Å²) in [6.45, 7) is 2.13. The summed E-state index contributed by atoms with van der Waals surface area (Å²) in [5, 5.41) is 8.39. The molecule has 3 heterocycles. The topological polar surface area (TPSA) is 54.8 Å². The van der Waals surface area contributed by atoms with E-state index in [0.29, 0.717) is 5.84 Å². The number of amidine groups is 2. The molecule has 0 fully saturated rings. The van der Waals surface area contributed by atoms with E-state index in [1.54, 1.807) is 0 Å². The molecular formula is C52H36N4O. The number of aryl methyl sites for hydroxylation is 1. The Morgan fingerprint density at radius 3 is 1.91 bits per heavy atom. The van der Waals surface area contributed by atoms with Crippen LogP contribution in [0.2, 0.25) is 0 Å². The first kappa shape index (κ1) is 32.9. The zero-order chi connectivity index (χ0) is 37.9. The Bertz CT molecular complexity index is 3210. The summed E-state index contributed by atoms with van der Waals surface area (Å²) >= 11 is 0. The summed E-state index contributed by atoms with van der Waals surface area (Å²) in [5.41, 5.74) is 13.9. The van der Waals surface area contributed by atoms with Crippen molar-refractivity contribution in [3.05, 3.63) is 210 Å². The van der Waals surface area contributed by atoms with Gasteiger partial charge in [0.1, 0.15) is 23.2 Å². The summed E-state index contributed by atoms with van der Waals surface area (Å²) in [4.78, 5) is 10.5. The smallest absolute Gasteiger partial charge is 0.159 e. The molecule has 0 bridgehead atoms. The van der Waals surface area contributed by atoms with Gasteiger partial charge in [-0.2, -0.15) is 0 Å². The quantitative estimate of drug-likeness (QED) is 0.185. The molecule has 1 atom stereocenters. The number of benzene rings is 8. The number of nitrogens with one attached hydrogen (secondary N) is 1. The summed E-state index contributed by atoms with van der Waals surface area (Å²) in [6.07, 6.45) is -0.460. The molecule has 1 unspecified atom stereocenters. The molecule has 0 amide bonds. The van der Waals surface area contributed by atoms with Crippen molar-refractivity contribution < 1.29 is 4.42 Å². The van der Waals surface area contributed by atoms with E-state index in [2.05, 4.69) is 156 Å². The van der Waals surface area contributed by atoms with Crippen LogP contribution in [0.3, 0.4) is 0 Å². The van der Waals surface area contributed by atoms with Crippen molar-refractivity contribution >= 4 is 55.4 Å². The van der Waals surface area contributed by atoms with E-state index < -0.39 is 6.17 Å². The molecule has 0 spiro atoms. The van der Waals surface area contributed by atoms with Crippen LogP contribution in [0.15, 0.2) is 202 Å². The highest BCUT2D eigenvalue weighted by atomic mass is 16.3. The minimum Gasteiger partial charge on any atom is -0.456 e. The lowest BCUT2D eigenvalue weighted by Gasteiger charge is -2.26. The monoisotopic (exact) mass is 732 g/mol. The van der Waals surface area contributed by atoms with E-state index >= 15 is 0 Å². The molecule has 0 saturated carbocycles. The first-order chi connectivity index (χ1) is 28.1. The minimum atomic E-state index is -0.460. The number of furan rings is 1. The second kappa shape index (κ2) is 13.4. The molecule has 1 aliphatic heterocycles. The van der Waals surface area contributed by atoms with E-state index in [9.17, 15) is 0 Å². The van der Waals surface area contributed by atoms with Crippen molar-refractivity contribution in [1.29, 1.82) is 0 Å². The van der Waals surface area contributed by atoms with Crippen molar-refractivity contribution in [2.24, 2.45) is 9.98 Å². The standard InChI is InChI=1S/C52H36N4O/c1-33-20-22-34(23-21-33)39-24-27-41-40-16-8-10-18-45(40)56(47(41)32-39)46-28-25-37(38-26-29-49-43(30-38)42-17-9-11-19-48(42)57-49)31-44(46)52-54-50(35-12-4-2-5-13-35)53-51(55-52)36-14-6-3-7-15-36/h2-32,52H,1H3,(H,53,54,55). The molecule has 11 rings (SSSR count). The number of hydrogen-bond donors (Lipinski definition) is 1. The molecule has 270 valence electrons. The second-order valence-electron chi connectivity index (χ2n) is 14.7. The number of fused-ring (bicyclic) bond motifs is 6. The van der Waals surface area contributed by atoms with Crippen molar-refractivity contribution in [3.8, 4) is 27.9 Å². The molecule has 2 aromatic heterocycles. The number of hydrogen-bond acceptors (Lipinski definition) is 4. The molecule has 57 heavy (non-hydrogen) atoms. The fraction of sp³-hybridized carbons (Fsp3) is 0.0385. The van der Waals surface area contributed by atoms with Gasteiger partial charge in [0, 0.05) is 38.2 Å². The molecule has 8 aromatic carbocycles. The Morgan fingerprint density at radius 1 is 0.474 bits per heavy atom. The first-order valence-corrected chi connectivity index (χ1v) is 19.3. The summed E-state index contributed by atoms with van der Waals surface area (Å²) in [7, 11) is 0. The summed E-state index contributed by atoms with van der Waals surface area (Å²) < 4.78 is 8.64. The lowest BCUT2D eigenvalue weighted by atomic mass is 9.98. The van der Waals surface area contributed by atoms with Gasteiger partial charge in [0.2, 0.25) is 0 Å². The molecule has 0 aliphatic carbocycles. The van der Waals surface area contributed by atoms with Gasteiger partial charge in [-0.1, -0.05) is 151 Å². The Labute approximate surface area is 329 Å². The SMILES string of the molecule is Cc1ccc(-c2ccc3c4ccccc4n(-c4ccc(-c5ccc6oc7ccccc7c6c5)cc4C4N=C(c5ccccc5)N=C(c5ccccc5)N4)c3c2)cc1. The largest absolute Gasteiger partial charge is 0.456 e. The maximum Gasteiger partial charge on any atom is 0.159 e. The van der Waals surface area contributed by atoms with Crippen molar-refractivity contribution in [3.63, 3.8) is 0 Å². The normalized spacial score (nSPS) is 14.2. The van der Waals surface area contributed by atoms with Crippen LogP contribution in [0.1, 0.15) is 28.4 Å². The highest BCUT2D eigenvalue weighted by Gasteiger charge is 2.26. The van der Waals surface area contributed by atoms with E-state index in [1.807, 2.05) is 48.5 Å². The number of rotatable bonds is 6. The van der Waals surface area contributed by atoms with Crippen LogP contribution in [0, 0.1) is 6.92 Å². The van der Waals surface area contributed by atoms with E-state index in [0.717, 1.165) is 72.3 Å². The Morgan fingerprint density at radius 2 is 1.09 bits per heavy atom. The molecule has 1 aliphatic rings. The van der Waals surface area contributed by atoms with Crippen LogP contribution in [0.5, 0.6) is 0 Å². The van der Waals surface area contributed by atoms with E-state index in [1.165, 1.54) is 27.5 Å². The van der Waals surface area contributed by atoms with Gasteiger partial charge in [-0.25, -0.2) is 9.98 Å². The molecule has 0 saturated heterocycles. The van der Waals surface area contributed by atoms with E-state index in [4.69, 9.17) is 14.4 Å². The second-order valence-corrected chi connectivity index (χ2v) is 14.7. The van der Waals surface area contributed by atoms with Gasteiger partial charge in [0.25, 0.3) is 0 Å². The minimum absolute atomic E-state index is 0.460. The van der Waals surface area contributed by atoms with Gasteiger partial charge in [0.05, 0.1) is 16.7 Å². The first-order valence-electron chi connectivity index (χ1n) is 19.3. The van der Waals surface area contributed by atoms with Gasteiger partial charge in [-0.3, -0.25) is 0 Å². The van der Waals surface area contributed by atoms with Gasteiger partial charge >= 0.3 is 0 Å². The zero-order valence-electron chi connectivity index (χ0n) is 31.2. The average molecular weight is 733 g/mol.